The molecule has 1 amide bonds. The molecule has 35 heavy (non-hydrogen) atoms. The van der Waals surface area contributed by atoms with Crippen molar-refractivity contribution in [3.8, 4) is 11.1 Å². The molecule has 1 fully saturated rings. The van der Waals surface area contributed by atoms with Gasteiger partial charge in [-0.1, -0.05) is 6.92 Å². The second-order valence-corrected chi connectivity index (χ2v) is 8.62. The summed E-state index contributed by atoms with van der Waals surface area (Å²) in [6.07, 6.45) is 5.56. The average molecular weight is 491 g/mol. The number of carbonyl (C=O) groups excluding carboxylic acids is 2. The lowest BCUT2D eigenvalue weighted by Gasteiger charge is -2.35. The van der Waals surface area contributed by atoms with E-state index in [1.165, 1.54) is 12.3 Å². The van der Waals surface area contributed by atoms with E-state index >= 15 is 0 Å². The minimum atomic E-state index is -0.703. The van der Waals surface area contributed by atoms with Gasteiger partial charge in [0.25, 0.3) is 6.47 Å². The SMILES string of the molecule is CC1CC(OC=O)CN(C(=O)CCCCN)C1.Fc1cc(F)cc(-c2ccnc3[nH]cc(F)c23)c1. The number of piperidine rings is 1. The summed E-state index contributed by atoms with van der Waals surface area (Å²) in [5.74, 6) is -1.38. The second kappa shape index (κ2) is 12.3. The monoisotopic (exact) mass is 490 g/mol. The first-order valence-electron chi connectivity index (χ1n) is 11.5. The molecule has 0 bridgehead atoms. The van der Waals surface area contributed by atoms with Crippen molar-refractivity contribution in [2.45, 2.75) is 38.7 Å². The van der Waals surface area contributed by atoms with Gasteiger partial charge < -0.3 is 20.4 Å². The highest BCUT2D eigenvalue weighted by atomic mass is 19.1. The van der Waals surface area contributed by atoms with Crippen LogP contribution in [0.2, 0.25) is 0 Å². The highest BCUT2D eigenvalue weighted by molar-refractivity contribution is 5.93. The topological polar surface area (TPSA) is 101 Å². The molecule has 0 radical (unpaired) electrons. The van der Waals surface area contributed by atoms with Gasteiger partial charge in [-0.2, -0.15) is 0 Å². The molecule has 2 unspecified atom stereocenters. The number of aromatic nitrogens is 2. The highest BCUT2D eigenvalue weighted by Gasteiger charge is 2.28. The molecule has 3 heterocycles. The molecule has 3 aromatic rings. The van der Waals surface area contributed by atoms with Gasteiger partial charge >= 0.3 is 0 Å². The zero-order chi connectivity index (χ0) is 25.4. The summed E-state index contributed by atoms with van der Waals surface area (Å²) in [6.45, 7) is 4.46. The van der Waals surface area contributed by atoms with E-state index in [1.54, 1.807) is 4.90 Å². The third-order valence-corrected chi connectivity index (χ3v) is 5.77. The van der Waals surface area contributed by atoms with E-state index in [0.717, 1.165) is 50.2 Å². The normalized spacial score (nSPS) is 17.6. The number of nitrogens with zero attached hydrogens (tertiary/aromatic N) is 2. The molecule has 1 aliphatic rings. The Morgan fingerprint density at radius 1 is 1.23 bits per heavy atom. The number of H-pyrrole nitrogens is 1. The first-order valence-corrected chi connectivity index (χ1v) is 11.5. The molecule has 1 aliphatic heterocycles. The summed E-state index contributed by atoms with van der Waals surface area (Å²) in [6, 6.07) is 4.61. The molecule has 0 spiro atoms. The van der Waals surface area contributed by atoms with E-state index in [4.69, 9.17) is 10.5 Å². The number of aromatic amines is 1. The molecule has 1 aromatic carbocycles. The Morgan fingerprint density at radius 3 is 2.66 bits per heavy atom. The molecule has 0 saturated carbocycles. The molecule has 7 nitrogen and oxygen atoms in total. The fraction of sp³-hybridized carbons (Fsp3) is 0.400. The van der Waals surface area contributed by atoms with E-state index in [0.29, 0.717) is 43.1 Å². The third-order valence-electron chi connectivity index (χ3n) is 5.77. The molecular weight excluding hydrogens is 461 g/mol. The van der Waals surface area contributed by atoms with Crippen LogP contribution < -0.4 is 5.73 Å². The Hall–Kier alpha value is -3.40. The fourth-order valence-corrected chi connectivity index (χ4v) is 4.22. The van der Waals surface area contributed by atoms with Gasteiger partial charge in [-0.05, 0) is 61.1 Å². The van der Waals surface area contributed by atoms with Crippen LogP contribution in [0.15, 0.2) is 36.7 Å². The number of nitrogens with one attached hydrogen (secondary N) is 1. The fourth-order valence-electron chi connectivity index (χ4n) is 4.22. The molecule has 10 heteroatoms. The van der Waals surface area contributed by atoms with Crippen molar-refractivity contribution >= 4 is 23.4 Å². The number of amides is 1. The van der Waals surface area contributed by atoms with Crippen molar-refractivity contribution < 1.29 is 27.5 Å². The number of unbranched alkanes of at least 4 members (excludes halogenated alkanes) is 1. The number of benzene rings is 1. The zero-order valence-corrected chi connectivity index (χ0v) is 19.5. The summed E-state index contributed by atoms with van der Waals surface area (Å²) in [7, 11) is 0. The molecule has 188 valence electrons. The van der Waals surface area contributed by atoms with Crippen LogP contribution >= 0.6 is 0 Å². The number of ether oxygens (including phenoxy) is 1. The molecule has 2 atom stereocenters. The molecule has 0 aliphatic carbocycles. The zero-order valence-electron chi connectivity index (χ0n) is 19.5. The number of fused-ring (bicyclic) bond motifs is 1. The third kappa shape index (κ3) is 7.05. The predicted octanol–water partition coefficient (Wildman–Crippen LogP) is 4.17. The standard InChI is InChI=1S/C13H7F3N2.C12H22N2O3/c14-8-3-7(4-9(15)5-8)10-1-2-17-13-12(10)11(16)6-18-13;1-10-6-11(17-9-15)8-14(7-10)12(16)4-2-3-5-13/h1-6H,(H,17,18);9-11H,2-8,13H2,1H3. The Bertz CT molecular complexity index is 1130. The van der Waals surface area contributed by atoms with Crippen molar-refractivity contribution in [3.63, 3.8) is 0 Å². The van der Waals surface area contributed by atoms with Gasteiger partial charge in [0.05, 0.1) is 11.9 Å². The number of halogens is 3. The Balaban J connectivity index is 0.000000196. The van der Waals surface area contributed by atoms with Crippen molar-refractivity contribution in [2.75, 3.05) is 19.6 Å². The first-order chi connectivity index (χ1) is 16.8. The van der Waals surface area contributed by atoms with Crippen LogP contribution in [0.1, 0.15) is 32.6 Å². The van der Waals surface area contributed by atoms with E-state index in [9.17, 15) is 22.8 Å². The van der Waals surface area contributed by atoms with Crippen molar-refractivity contribution in [3.05, 3.63) is 54.1 Å². The summed E-state index contributed by atoms with van der Waals surface area (Å²) in [4.78, 5) is 30.6. The lowest BCUT2D eigenvalue weighted by atomic mass is 9.97. The van der Waals surface area contributed by atoms with Crippen LogP contribution in [-0.4, -0.2) is 53.0 Å². The number of hydrogen-bond donors (Lipinski definition) is 2. The van der Waals surface area contributed by atoms with Gasteiger partial charge in [-0.3, -0.25) is 9.59 Å². The number of carbonyl (C=O) groups is 2. The van der Waals surface area contributed by atoms with Crippen LogP contribution in [0.3, 0.4) is 0 Å². The molecular formula is C25H29F3N4O3. The Kier molecular flexibility index (Phi) is 9.25. The van der Waals surface area contributed by atoms with E-state index in [-0.39, 0.29) is 23.0 Å². The van der Waals surface area contributed by atoms with Crippen LogP contribution in [-0.2, 0) is 14.3 Å². The van der Waals surface area contributed by atoms with Crippen molar-refractivity contribution in [1.82, 2.24) is 14.9 Å². The molecule has 3 N–H and O–H groups in total. The maximum absolute atomic E-state index is 13.6. The predicted molar refractivity (Wildman–Crippen MR) is 126 cm³/mol. The summed E-state index contributed by atoms with van der Waals surface area (Å²) >= 11 is 0. The maximum Gasteiger partial charge on any atom is 0.293 e. The highest BCUT2D eigenvalue weighted by Crippen LogP contribution is 2.30. The summed E-state index contributed by atoms with van der Waals surface area (Å²) in [5.41, 5.74) is 6.41. The van der Waals surface area contributed by atoms with E-state index < -0.39 is 17.5 Å². The minimum absolute atomic E-state index is 0.143. The van der Waals surface area contributed by atoms with Gasteiger partial charge in [0.2, 0.25) is 5.91 Å². The van der Waals surface area contributed by atoms with Crippen LogP contribution in [0.5, 0.6) is 0 Å². The van der Waals surface area contributed by atoms with Crippen molar-refractivity contribution in [2.24, 2.45) is 11.7 Å². The van der Waals surface area contributed by atoms with Crippen molar-refractivity contribution in [1.29, 1.82) is 0 Å². The molecule has 1 saturated heterocycles. The van der Waals surface area contributed by atoms with Crippen LogP contribution in [0.4, 0.5) is 13.2 Å². The van der Waals surface area contributed by atoms with Crippen LogP contribution in [0.25, 0.3) is 22.2 Å². The van der Waals surface area contributed by atoms with E-state index in [2.05, 4.69) is 16.9 Å². The van der Waals surface area contributed by atoms with Gasteiger partial charge in [-0.15, -0.1) is 0 Å². The minimum Gasteiger partial charge on any atom is -0.463 e. The second-order valence-electron chi connectivity index (χ2n) is 8.62. The van der Waals surface area contributed by atoms with Gasteiger partial charge in [0, 0.05) is 31.4 Å². The van der Waals surface area contributed by atoms with Gasteiger partial charge in [0.1, 0.15) is 23.4 Å². The van der Waals surface area contributed by atoms with Gasteiger partial charge in [0.15, 0.2) is 5.82 Å². The lowest BCUT2D eigenvalue weighted by Crippen LogP contribution is -2.46. The number of hydrogen-bond acceptors (Lipinski definition) is 5. The smallest absolute Gasteiger partial charge is 0.293 e. The quantitative estimate of drug-likeness (QED) is 0.382. The largest absolute Gasteiger partial charge is 0.463 e. The summed E-state index contributed by atoms with van der Waals surface area (Å²) in [5, 5.41) is 0.225. The summed E-state index contributed by atoms with van der Waals surface area (Å²) < 4.78 is 45.0. The lowest BCUT2D eigenvalue weighted by molar-refractivity contribution is -0.144. The van der Waals surface area contributed by atoms with Crippen LogP contribution in [0, 0.1) is 23.4 Å². The average Bonchev–Trinajstić information content (AvgIpc) is 3.20. The number of pyridine rings is 1. The molecule has 2 aromatic heterocycles. The van der Waals surface area contributed by atoms with E-state index in [1.807, 2.05) is 0 Å². The maximum atomic E-state index is 13.6. The first kappa shape index (κ1) is 26.2. The molecule has 4 rings (SSSR count). The number of rotatable bonds is 7. The number of nitrogens with two attached hydrogens (primary N) is 1. The Morgan fingerprint density at radius 2 is 1.97 bits per heavy atom. The number of likely N-dealkylation sites (tertiary alicyclic amines) is 1. The van der Waals surface area contributed by atoms with Gasteiger partial charge in [-0.25, -0.2) is 18.2 Å². The Labute approximate surface area is 201 Å².